The van der Waals surface area contributed by atoms with E-state index in [1.807, 2.05) is 24.3 Å². The van der Waals surface area contributed by atoms with Crippen LogP contribution in [-0.2, 0) is 4.74 Å². The fraction of sp³-hybridized carbons (Fsp3) is 0.231. The molecule has 8 nitrogen and oxygen atoms in total. The Morgan fingerprint density at radius 3 is 2.59 bits per heavy atom. The van der Waals surface area contributed by atoms with Crippen LogP contribution in [0.1, 0.15) is 16.7 Å². The van der Waals surface area contributed by atoms with Gasteiger partial charge < -0.3 is 15.0 Å². The van der Waals surface area contributed by atoms with Gasteiger partial charge in [-0.2, -0.15) is 20.1 Å². The molecule has 0 bridgehead atoms. The van der Waals surface area contributed by atoms with Crippen molar-refractivity contribution < 1.29 is 4.74 Å². The average Bonchev–Trinajstić information content (AvgIpc) is 2.87. The predicted octanol–water partition coefficient (Wildman–Crippen LogP) is 4.67. The van der Waals surface area contributed by atoms with Gasteiger partial charge in [-0.3, -0.25) is 0 Å². The van der Waals surface area contributed by atoms with Gasteiger partial charge in [0, 0.05) is 24.3 Å². The first-order chi connectivity index (χ1) is 16.7. The molecule has 1 aromatic heterocycles. The van der Waals surface area contributed by atoms with E-state index >= 15 is 0 Å². The third-order valence-electron chi connectivity index (χ3n) is 5.75. The standard InChI is InChI=1S/C26H27N7O/c1-18-10-11-19(2)23(16-18)28-24-29-25(31-26(30-24)33-12-14-34-15-13-33)32-27-17-21-8-5-7-20-6-3-4-9-22(20)21/h3-11,16-17H,12-15H2,1-2H3,(H2,28,29,30,31,32). The fourth-order valence-electron chi connectivity index (χ4n) is 3.89. The van der Waals surface area contributed by atoms with Gasteiger partial charge in [-0.1, -0.05) is 54.6 Å². The van der Waals surface area contributed by atoms with Crippen molar-refractivity contribution in [1.82, 2.24) is 15.0 Å². The molecule has 2 heterocycles. The first-order valence-corrected chi connectivity index (χ1v) is 11.4. The van der Waals surface area contributed by atoms with Crippen LogP contribution < -0.4 is 15.6 Å². The molecule has 0 aliphatic carbocycles. The Hall–Kier alpha value is -4.04. The summed E-state index contributed by atoms with van der Waals surface area (Å²) < 4.78 is 5.49. The lowest BCUT2D eigenvalue weighted by molar-refractivity contribution is 0.122. The molecule has 8 heteroatoms. The van der Waals surface area contributed by atoms with E-state index < -0.39 is 0 Å². The molecule has 0 unspecified atom stereocenters. The lowest BCUT2D eigenvalue weighted by Gasteiger charge is -2.27. The lowest BCUT2D eigenvalue weighted by atomic mass is 10.1. The highest BCUT2D eigenvalue weighted by Gasteiger charge is 2.17. The Bertz CT molecular complexity index is 1330. The van der Waals surface area contributed by atoms with E-state index in [0.29, 0.717) is 31.1 Å². The van der Waals surface area contributed by atoms with Crippen LogP contribution in [0.25, 0.3) is 10.8 Å². The smallest absolute Gasteiger partial charge is 0.250 e. The summed E-state index contributed by atoms with van der Waals surface area (Å²) in [6.45, 7) is 6.86. The molecule has 34 heavy (non-hydrogen) atoms. The predicted molar refractivity (Wildman–Crippen MR) is 137 cm³/mol. The fourth-order valence-corrected chi connectivity index (χ4v) is 3.89. The van der Waals surface area contributed by atoms with Crippen LogP contribution in [0.3, 0.4) is 0 Å². The van der Waals surface area contributed by atoms with Crippen molar-refractivity contribution in [2.24, 2.45) is 5.10 Å². The normalized spacial score (nSPS) is 14.0. The zero-order valence-electron chi connectivity index (χ0n) is 19.3. The maximum absolute atomic E-state index is 5.49. The Kier molecular flexibility index (Phi) is 6.31. The van der Waals surface area contributed by atoms with Crippen LogP contribution in [0.15, 0.2) is 65.8 Å². The minimum Gasteiger partial charge on any atom is -0.378 e. The number of hydrogen-bond donors (Lipinski definition) is 2. The number of nitrogens with zero attached hydrogens (tertiary/aromatic N) is 5. The minimum absolute atomic E-state index is 0.376. The van der Waals surface area contributed by atoms with Gasteiger partial charge in [-0.25, -0.2) is 5.43 Å². The van der Waals surface area contributed by atoms with E-state index in [4.69, 9.17) is 4.74 Å². The van der Waals surface area contributed by atoms with Crippen LogP contribution in [0, 0.1) is 13.8 Å². The molecule has 1 saturated heterocycles. The van der Waals surface area contributed by atoms with Crippen molar-refractivity contribution in [3.8, 4) is 0 Å². The Balaban J connectivity index is 1.43. The highest BCUT2D eigenvalue weighted by atomic mass is 16.5. The SMILES string of the molecule is Cc1ccc(C)c(Nc2nc(NN=Cc3cccc4ccccc34)nc(N3CCOCC3)n2)c1. The lowest BCUT2D eigenvalue weighted by Crippen LogP contribution is -2.37. The van der Waals surface area contributed by atoms with Gasteiger partial charge in [0.2, 0.25) is 17.8 Å². The van der Waals surface area contributed by atoms with Crippen molar-refractivity contribution in [2.45, 2.75) is 13.8 Å². The molecule has 1 aliphatic heterocycles. The Morgan fingerprint density at radius 2 is 1.71 bits per heavy atom. The van der Waals surface area contributed by atoms with Crippen LogP contribution in [0.4, 0.5) is 23.5 Å². The van der Waals surface area contributed by atoms with Crippen molar-refractivity contribution >= 4 is 40.5 Å². The summed E-state index contributed by atoms with van der Waals surface area (Å²) >= 11 is 0. The van der Waals surface area contributed by atoms with E-state index in [2.05, 4.69) is 85.9 Å². The summed E-state index contributed by atoms with van der Waals surface area (Å²) in [5.41, 5.74) is 7.25. The van der Waals surface area contributed by atoms with Gasteiger partial charge >= 0.3 is 0 Å². The highest BCUT2D eigenvalue weighted by molar-refractivity contribution is 5.99. The quantitative estimate of drug-likeness (QED) is 0.324. The molecule has 172 valence electrons. The largest absolute Gasteiger partial charge is 0.378 e. The number of aromatic nitrogens is 3. The molecule has 2 N–H and O–H groups in total. The first-order valence-electron chi connectivity index (χ1n) is 11.4. The number of anilines is 4. The van der Waals surface area contributed by atoms with E-state index in [0.717, 1.165) is 40.9 Å². The zero-order chi connectivity index (χ0) is 23.3. The van der Waals surface area contributed by atoms with Gasteiger partial charge in [-0.15, -0.1) is 0 Å². The van der Waals surface area contributed by atoms with Gasteiger partial charge in [0.15, 0.2) is 0 Å². The molecule has 5 rings (SSSR count). The summed E-state index contributed by atoms with van der Waals surface area (Å²) in [5, 5.41) is 10.1. The number of rotatable bonds is 6. The number of aryl methyl sites for hydroxylation is 2. The summed E-state index contributed by atoms with van der Waals surface area (Å²) in [6.07, 6.45) is 1.79. The summed E-state index contributed by atoms with van der Waals surface area (Å²) in [5.74, 6) is 1.43. The molecular weight excluding hydrogens is 426 g/mol. The number of benzene rings is 3. The molecule has 0 amide bonds. The van der Waals surface area contributed by atoms with Crippen LogP contribution >= 0.6 is 0 Å². The molecule has 0 atom stereocenters. The van der Waals surface area contributed by atoms with E-state index in [1.165, 1.54) is 5.39 Å². The molecular formula is C26H27N7O. The summed E-state index contributed by atoms with van der Waals surface area (Å²) in [6, 6.07) is 20.6. The Morgan fingerprint density at radius 1 is 0.912 bits per heavy atom. The highest BCUT2D eigenvalue weighted by Crippen LogP contribution is 2.22. The van der Waals surface area contributed by atoms with Crippen LogP contribution in [0.2, 0.25) is 0 Å². The maximum atomic E-state index is 5.49. The third kappa shape index (κ3) is 4.97. The monoisotopic (exact) mass is 453 g/mol. The van der Waals surface area contributed by atoms with Gasteiger partial charge in [0.25, 0.3) is 0 Å². The second-order valence-electron chi connectivity index (χ2n) is 8.26. The van der Waals surface area contributed by atoms with Crippen molar-refractivity contribution in [3.63, 3.8) is 0 Å². The molecule has 0 spiro atoms. The maximum Gasteiger partial charge on any atom is 0.250 e. The second-order valence-corrected chi connectivity index (χ2v) is 8.26. The van der Waals surface area contributed by atoms with Gasteiger partial charge in [0.05, 0.1) is 19.4 Å². The minimum atomic E-state index is 0.376. The topological polar surface area (TPSA) is 87.6 Å². The first kappa shape index (κ1) is 21.8. The number of hydrogen-bond acceptors (Lipinski definition) is 8. The Labute approximate surface area is 198 Å². The third-order valence-corrected chi connectivity index (χ3v) is 5.75. The molecule has 0 saturated carbocycles. The molecule has 1 fully saturated rings. The van der Waals surface area contributed by atoms with Crippen molar-refractivity contribution in [3.05, 3.63) is 77.4 Å². The van der Waals surface area contributed by atoms with E-state index in [-0.39, 0.29) is 0 Å². The number of fused-ring (bicyclic) bond motifs is 1. The number of nitrogens with one attached hydrogen (secondary N) is 2. The molecule has 1 aliphatic rings. The average molecular weight is 454 g/mol. The zero-order valence-corrected chi connectivity index (χ0v) is 19.3. The van der Waals surface area contributed by atoms with E-state index in [9.17, 15) is 0 Å². The molecule has 3 aromatic carbocycles. The second kappa shape index (κ2) is 9.84. The van der Waals surface area contributed by atoms with E-state index in [1.54, 1.807) is 6.21 Å². The van der Waals surface area contributed by atoms with Crippen LogP contribution in [-0.4, -0.2) is 47.5 Å². The molecule has 0 radical (unpaired) electrons. The summed E-state index contributed by atoms with van der Waals surface area (Å²) in [7, 11) is 0. The summed E-state index contributed by atoms with van der Waals surface area (Å²) in [4.78, 5) is 16.0. The van der Waals surface area contributed by atoms with Gasteiger partial charge in [0.1, 0.15) is 0 Å². The van der Waals surface area contributed by atoms with Crippen molar-refractivity contribution in [1.29, 1.82) is 0 Å². The van der Waals surface area contributed by atoms with Crippen molar-refractivity contribution in [2.75, 3.05) is 41.9 Å². The number of hydrazone groups is 1. The number of ether oxygens (including phenoxy) is 1. The van der Waals surface area contributed by atoms with Crippen LogP contribution in [0.5, 0.6) is 0 Å². The number of morpholine rings is 1. The van der Waals surface area contributed by atoms with Gasteiger partial charge in [-0.05, 0) is 41.8 Å². The molecule has 4 aromatic rings.